The Kier molecular flexibility index (Phi) is 8.81. The monoisotopic (exact) mass is 632 g/mol. The standard InChI is InChI=1S/C33H34BrFN4O3/c1-24-26(19-36-32(37-24)25-5-3-2-4-6-25)20-38-15-17-39(18-16-38)29-11-13-30(14-12-29)40-21-31-22-41-33(23-34,42-31)27-7-9-28(35)10-8-27/h2-14,19,31H,15-18,20-23H2,1H3/t31-,33+/m1/s1. The van der Waals surface area contributed by atoms with Crippen molar-refractivity contribution >= 4 is 21.6 Å². The Morgan fingerprint density at radius 1 is 0.976 bits per heavy atom. The third-order valence-electron chi connectivity index (χ3n) is 7.84. The number of alkyl halides is 1. The first kappa shape index (κ1) is 28.7. The van der Waals surface area contributed by atoms with Gasteiger partial charge in [-0.05, 0) is 43.3 Å². The molecule has 0 unspecified atom stereocenters. The lowest BCUT2D eigenvalue weighted by molar-refractivity contribution is -0.159. The molecule has 42 heavy (non-hydrogen) atoms. The highest BCUT2D eigenvalue weighted by Crippen LogP contribution is 2.36. The highest BCUT2D eigenvalue weighted by atomic mass is 79.9. The molecule has 0 bridgehead atoms. The van der Waals surface area contributed by atoms with E-state index in [1.807, 2.05) is 48.7 Å². The molecule has 2 aliphatic heterocycles. The summed E-state index contributed by atoms with van der Waals surface area (Å²) in [5, 5.41) is 0.442. The molecule has 0 amide bonds. The van der Waals surface area contributed by atoms with Crippen molar-refractivity contribution in [1.29, 1.82) is 0 Å². The minimum atomic E-state index is -0.939. The number of aromatic nitrogens is 2. The minimum absolute atomic E-state index is 0.232. The van der Waals surface area contributed by atoms with Crippen LogP contribution in [-0.2, 0) is 21.8 Å². The van der Waals surface area contributed by atoms with Gasteiger partial charge in [0.1, 0.15) is 24.3 Å². The molecular weight excluding hydrogens is 599 g/mol. The zero-order valence-electron chi connectivity index (χ0n) is 23.6. The van der Waals surface area contributed by atoms with Crippen molar-refractivity contribution in [2.45, 2.75) is 25.4 Å². The van der Waals surface area contributed by atoms with Crippen molar-refractivity contribution in [3.8, 4) is 17.1 Å². The summed E-state index contributed by atoms with van der Waals surface area (Å²) >= 11 is 3.49. The Morgan fingerprint density at radius 3 is 2.40 bits per heavy atom. The average Bonchev–Trinajstić information content (AvgIpc) is 3.47. The molecule has 2 fully saturated rings. The summed E-state index contributed by atoms with van der Waals surface area (Å²) in [4.78, 5) is 14.3. The Labute approximate surface area is 254 Å². The van der Waals surface area contributed by atoms with E-state index < -0.39 is 5.79 Å². The highest BCUT2D eigenvalue weighted by Gasteiger charge is 2.42. The average molecular weight is 634 g/mol. The number of anilines is 1. The zero-order valence-corrected chi connectivity index (χ0v) is 25.2. The Morgan fingerprint density at radius 2 is 1.71 bits per heavy atom. The van der Waals surface area contributed by atoms with Gasteiger partial charge in [-0.15, -0.1) is 0 Å². The Balaban J connectivity index is 0.975. The van der Waals surface area contributed by atoms with Crippen molar-refractivity contribution in [1.82, 2.24) is 14.9 Å². The topological polar surface area (TPSA) is 60.0 Å². The summed E-state index contributed by atoms with van der Waals surface area (Å²) < 4.78 is 31.6. The van der Waals surface area contributed by atoms with E-state index in [0.29, 0.717) is 18.5 Å². The van der Waals surface area contributed by atoms with Crippen LogP contribution in [0.2, 0.25) is 0 Å². The van der Waals surface area contributed by atoms with Crippen LogP contribution in [-0.4, -0.2) is 65.7 Å². The quantitative estimate of drug-likeness (QED) is 0.211. The summed E-state index contributed by atoms with van der Waals surface area (Å²) in [6.07, 6.45) is 1.74. The molecule has 0 spiro atoms. The van der Waals surface area contributed by atoms with Gasteiger partial charge in [-0.1, -0.05) is 58.4 Å². The third-order valence-corrected chi connectivity index (χ3v) is 8.57. The number of ether oxygens (including phenoxy) is 3. The molecule has 0 aliphatic carbocycles. The molecule has 0 saturated carbocycles. The predicted molar refractivity (Wildman–Crippen MR) is 164 cm³/mol. The molecule has 6 rings (SSSR count). The second-order valence-corrected chi connectivity index (χ2v) is 11.2. The Bertz CT molecular complexity index is 1470. The number of benzene rings is 3. The number of hydrogen-bond donors (Lipinski definition) is 0. The van der Waals surface area contributed by atoms with Gasteiger partial charge in [0, 0.05) is 67.0 Å². The van der Waals surface area contributed by atoms with Gasteiger partial charge in [0.15, 0.2) is 5.82 Å². The van der Waals surface area contributed by atoms with Crippen LogP contribution in [0.5, 0.6) is 5.75 Å². The van der Waals surface area contributed by atoms with E-state index >= 15 is 0 Å². The first-order valence-electron chi connectivity index (χ1n) is 14.2. The molecule has 2 saturated heterocycles. The van der Waals surface area contributed by atoms with Gasteiger partial charge < -0.3 is 19.1 Å². The summed E-state index contributed by atoms with van der Waals surface area (Å²) in [5.41, 5.74) is 5.20. The van der Waals surface area contributed by atoms with E-state index in [4.69, 9.17) is 19.2 Å². The molecule has 4 aromatic rings. The van der Waals surface area contributed by atoms with Gasteiger partial charge in [0.2, 0.25) is 5.79 Å². The maximum Gasteiger partial charge on any atom is 0.205 e. The number of piperazine rings is 1. The summed E-state index contributed by atoms with van der Waals surface area (Å²) in [6, 6.07) is 24.5. The van der Waals surface area contributed by atoms with Crippen LogP contribution >= 0.6 is 15.9 Å². The van der Waals surface area contributed by atoms with Crippen molar-refractivity contribution in [3.05, 3.63) is 108 Å². The molecule has 1 aromatic heterocycles. The zero-order chi connectivity index (χ0) is 28.9. The largest absolute Gasteiger partial charge is 0.491 e. The summed E-state index contributed by atoms with van der Waals surface area (Å²) in [5.74, 6) is 0.330. The maximum absolute atomic E-state index is 13.4. The maximum atomic E-state index is 13.4. The SMILES string of the molecule is Cc1nc(-c2ccccc2)ncc1CN1CCN(c2ccc(OC[C@@H]3CO[C@](CBr)(c4ccc(F)cc4)O3)cc2)CC1. The predicted octanol–water partition coefficient (Wildman–Crippen LogP) is 5.96. The molecule has 3 heterocycles. The van der Waals surface area contributed by atoms with Crippen LogP contribution < -0.4 is 9.64 Å². The molecule has 2 aliphatic rings. The molecule has 3 aromatic carbocycles. The van der Waals surface area contributed by atoms with Crippen LogP contribution in [0.25, 0.3) is 11.4 Å². The lowest BCUT2D eigenvalue weighted by Crippen LogP contribution is -2.46. The number of hydrogen-bond acceptors (Lipinski definition) is 7. The normalized spacial score (nSPS) is 21.0. The van der Waals surface area contributed by atoms with Gasteiger partial charge in [-0.25, -0.2) is 14.4 Å². The lowest BCUT2D eigenvalue weighted by atomic mass is 10.1. The molecule has 9 heteroatoms. The van der Waals surface area contributed by atoms with Crippen LogP contribution in [0, 0.1) is 12.7 Å². The van der Waals surface area contributed by atoms with E-state index in [0.717, 1.165) is 61.1 Å². The van der Waals surface area contributed by atoms with E-state index in [1.54, 1.807) is 12.1 Å². The van der Waals surface area contributed by atoms with Crippen LogP contribution in [0.3, 0.4) is 0 Å². The van der Waals surface area contributed by atoms with Gasteiger partial charge in [0.25, 0.3) is 0 Å². The molecule has 218 valence electrons. The van der Waals surface area contributed by atoms with Gasteiger partial charge in [-0.2, -0.15) is 0 Å². The van der Waals surface area contributed by atoms with Gasteiger partial charge >= 0.3 is 0 Å². The minimum Gasteiger partial charge on any atom is -0.491 e. The van der Waals surface area contributed by atoms with E-state index in [1.165, 1.54) is 23.4 Å². The molecular formula is C33H34BrFN4O3. The van der Waals surface area contributed by atoms with Crippen LogP contribution in [0.4, 0.5) is 10.1 Å². The fourth-order valence-corrected chi connectivity index (χ4v) is 5.99. The van der Waals surface area contributed by atoms with Crippen molar-refractivity contribution < 1.29 is 18.6 Å². The van der Waals surface area contributed by atoms with Crippen molar-refractivity contribution in [3.63, 3.8) is 0 Å². The summed E-state index contributed by atoms with van der Waals surface area (Å²) in [7, 11) is 0. The number of aryl methyl sites for hydroxylation is 1. The first-order chi connectivity index (χ1) is 20.5. The van der Waals surface area contributed by atoms with Crippen LogP contribution in [0.15, 0.2) is 85.1 Å². The number of nitrogens with zero attached hydrogens (tertiary/aromatic N) is 4. The summed E-state index contributed by atoms with van der Waals surface area (Å²) in [6.45, 7) is 7.53. The first-order valence-corrected chi connectivity index (χ1v) is 15.4. The molecule has 2 atom stereocenters. The molecule has 7 nitrogen and oxygen atoms in total. The smallest absolute Gasteiger partial charge is 0.205 e. The number of halogens is 2. The van der Waals surface area contributed by atoms with Gasteiger partial charge in [-0.3, -0.25) is 4.90 Å². The Hall–Kier alpha value is -3.37. The highest BCUT2D eigenvalue weighted by molar-refractivity contribution is 9.09. The van der Waals surface area contributed by atoms with E-state index in [-0.39, 0.29) is 11.9 Å². The van der Waals surface area contributed by atoms with Crippen molar-refractivity contribution in [2.24, 2.45) is 0 Å². The number of rotatable bonds is 9. The van der Waals surface area contributed by atoms with Crippen molar-refractivity contribution in [2.75, 3.05) is 49.6 Å². The van der Waals surface area contributed by atoms with E-state index in [9.17, 15) is 4.39 Å². The van der Waals surface area contributed by atoms with Gasteiger partial charge in [0.05, 0.1) is 11.9 Å². The van der Waals surface area contributed by atoms with Crippen LogP contribution in [0.1, 0.15) is 16.8 Å². The molecule has 0 radical (unpaired) electrons. The fourth-order valence-electron chi connectivity index (χ4n) is 5.37. The third kappa shape index (κ3) is 6.49. The lowest BCUT2D eigenvalue weighted by Gasteiger charge is -2.36. The molecule has 0 N–H and O–H groups in total. The fraction of sp³-hybridized carbons (Fsp3) is 0.333. The van der Waals surface area contributed by atoms with E-state index in [2.05, 4.69) is 49.8 Å². The second kappa shape index (κ2) is 12.9. The second-order valence-electron chi connectivity index (χ2n) is 10.7.